The summed E-state index contributed by atoms with van der Waals surface area (Å²) in [4.78, 5) is 2.45. The summed E-state index contributed by atoms with van der Waals surface area (Å²) in [6.45, 7) is 2.06. The van der Waals surface area contributed by atoms with Crippen molar-refractivity contribution < 1.29 is 9.47 Å². The molecular formula is C21H25N5O2. The molecule has 0 amide bonds. The van der Waals surface area contributed by atoms with Crippen LogP contribution in [0.25, 0.3) is 5.65 Å². The molecule has 1 aromatic carbocycles. The predicted octanol–water partition coefficient (Wildman–Crippen LogP) is 3.09. The second-order valence-electron chi connectivity index (χ2n) is 7.82. The second kappa shape index (κ2) is 6.96. The van der Waals surface area contributed by atoms with E-state index in [0.29, 0.717) is 11.8 Å². The lowest BCUT2D eigenvalue weighted by molar-refractivity contribution is 0.354. The summed E-state index contributed by atoms with van der Waals surface area (Å²) < 4.78 is 12.6. The van der Waals surface area contributed by atoms with Gasteiger partial charge in [-0.1, -0.05) is 6.07 Å². The van der Waals surface area contributed by atoms with E-state index in [1.807, 2.05) is 10.6 Å². The highest BCUT2D eigenvalue weighted by molar-refractivity contribution is 5.69. The van der Waals surface area contributed by atoms with E-state index in [4.69, 9.17) is 14.6 Å². The largest absolute Gasteiger partial charge is 0.493 e. The van der Waals surface area contributed by atoms with Crippen LogP contribution in [0.2, 0.25) is 0 Å². The Balaban J connectivity index is 1.35. The quantitative estimate of drug-likeness (QED) is 0.656. The molecule has 1 aliphatic heterocycles. The number of rotatable bonds is 6. The van der Waals surface area contributed by atoms with Crippen LogP contribution in [0.1, 0.15) is 36.4 Å². The lowest BCUT2D eigenvalue weighted by Crippen LogP contribution is -2.21. The van der Waals surface area contributed by atoms with Crippen LogP contribution in [-0.4, -0.2) is 47.1 Å². The van der Waals surface area contributed by atoms with E-state index in [9.17, 15) is 0 Å². The van der Waals surface area contributed by atoms with E-state index < -0.39 is 0 Å². The highest BCUT2D eigenvalue weighted by atomic mass is 16.5. The first kappa shape index (κ1) is 17.3. The SMILES string of the molecule is COc1ccc(CC2CCN(c3cc(C4CC4)nn4cnnc34)C2)cc1OC. The third-order valence-corrected chi connectivity index (χ3v) is 5.86. The van der Waals surface area contributed by atoms with Gasteiger partial charge in [-0.05, 0) is 55.4 Å². The summed E-state index contributed by atoms with van der Waals surface area (Å²) in [7, 11) is 3.35. The third kappa shape index (κ3) is 3.15. The van der Waals surface area contributed by atoms with Gasteiger partial charge in [0, 0.05) is 19.0 Å². The minimum absolute atomic E-state index is 0.596. The molecule has 1 unspecified atom stereocenters. The van der Waals surface area contributed by atoms with Crippen molar-refractivity contribution in [3.05, 3.63) is 41.9 Å². The minimum atomic E-state index is 0.596. The van der Waals surface area contributed by atoms with Gasteiger partial charge in [0.1, 0.15) is 6.33 Å². The summed E-state index contributed by atoms with van der Waals surface area (Å²) in [6, 6.07) is 8.46. The Bertz CT molecular complexity index is 998. The summed E-state index contributed by atoms with van der Waals surface area (Å²) in [5, 5.41) is 13.1. The van der Waals surface area contributed by atoms with Crippen molar-refractivity contribution in [3.8, 4) is 11.5 Å². The van der Waals surface area contributed by atoms with Crippen LogP contribution in [0.4, 0.5) is 5.69 Å². The van der Waals surface area contributed by atoms with Crippen LogP contribution in [0.15, 0.2) is 30.6 Å². The molecule has 5 rings (SSSR count). The van der Waals surface area contributed by atoms with E-state index in [0.717, 1.165) is 43.1 Å². The third-order valence-electron chi connectivity index (χ3n) is 5.86. The molecule has 2 fully saturated rings. The molecule has 0 bridgehead atoms. The Morgan fingerprint density at radius 3 is 2.71 bits per heavy atom. The van der Waals surface area contributed by atoms with E-state index in [1.165, 1.54) is 29.8 Å². The van der Waals surface area contributed by atoms with E-state index >= 15 is 0 Å². The lowest BCUT2D eigenvalue weighted by atomic mass is 9.98. The molecule has 3 aromatic rings. The zero-order chi connectivity index (χ0) is 19.1. The van der Waals surface area contributed by atoms with Gasteiger partial charge in [0.15, 0.2) is 11.5 Å². The molecule has 1 atom stereocenters. The van der Waals surface area contributed by atoms with E-state index in [2.05, 4.69) is 33.3 Å². The summed E-state index contributed by atoms with van der Waals surface area (Å²) in [5.74, 6) is 2.77. The lowest BCUT2D eigenvalue weighted by Gasteiger charge is -2.20. The highest BCUT2D eigenvalue weighted by Gasteiger charge is 2.30. The van der Waals surface area contributed by atoms with E-state index in [-0.39, 0.29) is 0 Å². The fourth-order valence-electron chi connectivity index (χ4n) is 4.20. The number of anilines is 1. The molecule has 28 heavy (non-hydrogen) atoms. The standard InChI is InChI=1S/C21H25N5O2/c1-27-19-6-3-14(10-20(19)28-2)9-15-7-8-25(12-15)18-11-17(16-4-5-16)24-26-13-22-23-21(18)26/h3,6,10-11,13,15-16H,4-5,7-9,12H2,1-2H3. The number of ether oxygens (including phenoxy) is 2. The van der Waals surface area contributed by atoms with Crippen molar-refractivity contribution in [2.75, 3.05) is 32.2 Å². The first-order chi connectivity index (χ1) is 13.7. The average Bonchev–Trinajstić information content (AvgIpc) is 3.29. The molecule has 0 N–H and O–H groups in total. The van der Waals surface area contributed by atoms with E-state index in [1.54, 1.807) is 20.5 Å². The molecular weight excluding hydrogens is 354 g/mol. The number of fused-ring (bicyclic) bond motifs is 1. The normalized spacial score (nSPS) is 19.4. The maximum Gasteiger partial charge on any atom is 0.200 e. The van der Waals surface area contributed by atoms with Gasteiger partial charge in [-0.3, -0.25) is 0 Å². The van der Waals surface area contributed by atoms with Crippen molar-refractivity contribution in [2.45, 2.75) is 31.6 Å². The van der Waals surface area contributed by atoms with Crippen LogP contribution >= 0.6 is 0 Å². The van der Waals surface area contributed by atoms with Crippen LogP contribution in [0.5, 0.6) is 11.5 Å². The fraction of sp³-hybridized carbons (Fsp3) is 0.476. The minimum Gasteiger partial charge on any atom is -0.493 e. The van der Waals surface area contributed by atoms with Crippen LogP contribution in [0, 0.1) is 5.92 Å². The number of hydrogen-bond donors (Lipinski definition) is 0. The molecule has 1 aliphatic carbocycles. The Morgan fingerprint density at radius 2 is 1.93 bits per heavy atom. The molecule has 0 radical (unpaired) electrons. The topological polar surface area (TPSA) is 64.8 Å². The van der Waals surface area contributed by atoms with Crippen molar-refractivity contribution in [2.24, 2.45) is 5.92 Å². The maximum atomic E-state index is 5.45. The number of nitrogens with zero attached hydrogens (tertiary/aromatic N) is 5. The van der Waals surface area contributed by atoms with Gasteiger partial charge < -0.3 is 14.4 Å². The Morgan fingerprint density at radius 1 is 1.07 bits per heavy atom. The first-order valence-corrected chi connectivity index (χ1v) is 9.92. The molecule has 1 saturated heterocycles. The van der Waals surface area contributed by atoms with Gasteiger partial charge >= 0.3 is 0 Å². The van der Waals surface area contributed by atoms with Gasteiger partial charge in [0.05, 0.1) is 25.6 Å². The number of benzene rings is 1. The number of aromatic nitrogens is 4. The molecule has 7 nitrogen and oxygen atoms in total. The zero-order valence-corrected chi connectivity index (χ0v) is 16.3. The number of methoxy groups -OCH3 is 2. The van der Waals surface area contributed by atoms with Crippen molar-refractivity contribution in [1.29, 1.82) is 0 Å². The summed E-state index contributed by atoms with van der Waals surface area (Å²) in [6.07, 6.45) is 6.38. The summed E-state index contributed by atoms with van der Waals surface area (Å²) in [5.41, 5.74) is 4.48. The molecule has 2 aliphatic rings. The van der Waals surface area contributed by atoms with Crippen molar-refractivity contribution >= 4 is 11.3 Å². The molecule has 0 spiro atoms. The van der Waals surface area contributed by atoms with Crippen molar-refractivity contribution in [1.82, 2.24) is 19.8 Å². The van der Waals surface area contributed by atoms with Gasteiger partial charge in [-0.25, -0.2) is 0 Å². The molecule has 3 heterocycles. The average molecular weight is 379 g/mol. The second-order valence-corrected chi connectivity index (χ2v) is 7.82. The first-order valence-electron chi connectivity index (χ1n) is 9.92. The van der Waals surface area contributed by atoms with Crippen LogP contribution in [-0.2, 0) is 6.42 Å². The zero-order valence-electron chi connectivity index (χ0n) is 16.3. The Labute approximate surface area is 164 Å². The molecule has 7 heteroatoms. The van der Waals surface area contributed by atoms with Crippen LogP contribution in [0.3, 0.4) is 0 Å². The van der Waals surface area contributed by atoms with Gasteiger partial charge in [0.2, 0.25) is 5.65 Å². The Kier molecular flexibility index (Phi) is 4.30. The predicted molar refractivity (Wildman–Crippen MR) is 106 cm³/mol. The highest BCUT2D eigenvalue weighted by Crippen LogP contribution is 2.41. The fourth-order valence-corrected chi connectivity index (χ4v) is 4.20. The number of hydrogen-bond acceptors (Lipinski definition) is 6. The molecule has 146 valence electrons. The van der Waals surface area contributed by atoms with Gasteiger partial charge in [0.25, 0.3) is 0 Å². The maximum absolute atomic E-state index is 5.45. The molecule has 2 aromatic heterocycles. The molecule has 1 saturated carbocycles. The Hall–Kier alpha value is -2.83. The van der Waals surface area contributed by atoms with Gasteiger partial charge in [-0.15, -0.1) is 10.2 Å². The van der Waals surface area contributed by atoms with Crippen LogP contribution < -0.4 is 14.4 Å². The van der Waals surface area contributed by atoms with Gasteiger partial charge in [-0.2, -0.15) is 9.61 Å². The smallest absolute Gasteiger partial charge is 0.200 e. The monoisotopic (exact) mass is 379 g/mol. The van der Waals surface area contributed by atoms with Crippen molar-refractivity contribution in [3.63, 3.8) is 0 Å². The summed E-state index contributed by atoms with van der Waals surface area (Å²) >= 11 is 0.